The van der Waals surface area contributed by atoms with E-state index in [0.717, 1.165) is 6.07 Å². The predicted molar refractivity (Wildman–Crippen MR) is 96.3 cm³/mol. The molecule has 0 aromatic heterocycles. The summed E-state index contributed by atoms with van der Waals surface area (Å²) in [6, 6.07) is 19.3. The third-order valence-corrected chi connectivity index (χ3v) is 3.99. The van der Waals surface area contributed by atoms with Gasteiger partial charge in [-0.15, -0.1) is 0 Å². The Morgan fingerprint density at radius 1 is 1.00 bits per heavy atom. The minimum atomic E-state index is -0.956. The van der Waals surface area contributed by atoms with E-state index in [9.17, 15) is 14.3 Å². The molecule has 0 saturated carbocycles. The lowest BCUT2D eigenvalue weighted by atomic mass is 9.99. The maximum absolute atomic E-state index is 13.3. The van der Waals surface area contributed by atoms with Crippen LogP contribution in [0.1, 0.15) is 27.6 Å². The van der Waals surface area contributed by atoms with Crippen LogP contribution in [0.4, 0.5) is 10.1 Å². The molecule has 25 heavy (non-hydrogen) atoms. The van der Waals surface area contributed by atoms with Gasteiger partial charge < -0.3 is 10.4 Å². The van der Waals surface area contributed by atoms with E-state index in [2.05, 4.69) is 5.32 Å². The van der Waals surface area contributed by atoms with Gasteiger partial charge in [0, 0.05) is 21.8 Å². The van der Waals surface area contributed by atoms with E-state index in [1.165, 1.54) is 18.2 Å². The average molecular weight is 356 g/mol. The first-order valence-electron chi connectivity index (χ1n) is 7.64. The lowest BCUT2D eigenvalue weighted by Crippen LogP contribution is -2.15. The fourth-order valence-corrected chi connectivity index (χ4v) is 2.69. The van der Waals surface area contributed by atoms with Crippen LogP contribution in [0.5, 0.6) is 0 Å². The smallest absolute Gasteiger partial charge is 0.255 e. The Kier molecular flexibility index (Phi) is 5.12. The molecule has 0 heterocycles. The summed E-state index contributed by atoms with van der Waals surface area (Å²) in [5.41, 5.74) is 1.74. The molecule has 0 aliphatic rings. The van der Waals surface area contributed by atoms with Crippen molar-refractivity contribution in [2.75, 3.05) is 5.32 Å². The Hall–Kier alpha value is -2.69. The third-order valence-electron chi connectivity index (χ3n) is 3.76. The van der Waals surface area contributed by atoms with Crippen LogP contribution in [-0.4, -0.2) is 11.0 Å². The SMILES string of the molecule is O=C(Nc1ccc(Cl)cc1[C@H](O)c1ccccc1)c1cccc(F)c1. The zero-order chi connectivity index (χ0) is 17.8. The molecule has 2 N–H and O–H groups in total. The molecule has 0 spiro atoms. The topological polar surface area (TPSA) is 49.3 Å². The number of anilines is 1. The lowest BCUT2D eigenvalue weighted by Gasteiger charge is -2.17. The van der Waals surface area contributed by atoms with Crippen LogP contribution in [0, 0.1) is 5.82 Å². The molecule has 3 nitrogen and oxygen atoms in total. The van der Waals surface area contributed by atoms with Gasteiger partial charge in [0.2, 0.25) is 0 Å². The second-order valence-electron chi connectivity index (χ2n) is 5.51. The number of rotatable bonds is 4. The first-order chi connectivity index (χ1) is 12.0. The Balaban J connectivity index is 1.93. The van der Waals surface area contributed by atoms with Crippen LogP contribution in [0.2, 0.25) is 5.02 Å². The summed E-state index contributed by atoms with van der Waals surface area (Å²) in [5, 5.41) is 13.8. The van der Waals surface area contributed by atoms with Gasteiger partial charge in [0.05, 0.1) is 0 Å². The summed E-state index contributed by atoms with van der Waals surface area (Å²) in [4.78, 5) is 12.4. The number of halogens is 2. The Morgan fingerprint density at radius 2 is 1.76 bits per heavy atom. The molecule has 0 bridgehead atoms. The molecule has 5 heteroatoms. The second kappa shape index (κ2) is 7.47. The quantitative estimate of drug-likeness (QED) is 0.705. The van der Waals surface area contributed by atoms with Crippen molar-refractivity contribution in [2.45, 2.75) is 6.10 Å². The fraction of sp³-hybridized carbons (Fsp3) is 0.0500. The van der Waals surface area contributed by atoms with Crippen LogP contribution in [0.25, 0.3) is 0 Å². The highest BCUT2D eigenvalue weighted by atomic mass is 35.5. The van der Waals surface area contributed by atoms with Gasteiger partial charge in [-0.05, 0) is 42.0 Å². The number of amides is 1. The van der Waals surface area contributed by atoms with Crippen molar-refractivity contribution in [1.82, 2.24) is 0 Å². The number of carbonyl (C=O) groups is 1. The van der Waals surface area contributed by atoms with Crippen molar-refractivity contribution in [3.05, 3.63) is 100 Å². The van der Waals surface area contributed by atoms with Crippen LogP contribution in [0.15, 0.2) is 72.8 Å². The summed E-state index contributed by atoms with van der Waals surface area (Å²) in [6.07, 6.45) is -0.956. The van der Waals surface area contributed by atoms with Gasteiger partial charge in [0.25, 0.3) is 5.91 Å². The molecule has 3 rings (SSSR count). The Bertz CT molecular complexity index is 899. The number of carbonyl (C=O) groups excluding carboxylic acids is 1. The van der Waals surface area contributed by atoms with Crippen LogP contribution in [0.3, 0.4) is 0 Å². The molecular weight excluding hydrogens is 341 g/mol. The zero-order valence-electron chi connectivity index (χ0n) is 13.1. The van der Waals surface area contributed by atoms with E-state index in [4.69, 9.17) is 11.6 Å². The van der Waals surface area contributed by atoms with Crippen molar-refractivity contribution in [3.63, 3.8) is 0 Å². The molecule has 0 aliphatic carbocycles. The molecule has 0 unspecified atom stereocenters. The number of aliphatic hydroxyl groups is 1. The monoisotopic (exact) mass is 355 g/mol. The summed E-state index contributed by atoms with van der Waals surface area (Å²) in [6.45, 7) is 0. The molecule has 0 aliphatic heterocycles. The van der Waals surface area contributed by atoms with E-state index in [-0.39, 0.29) is 5.56 Å². The second-order valence-corrected chi connectivity index (χ2v) is 5.95. The number of aliphatic hydroxyl groups excluding tert-OH is 1. The third kappa shape index (κ3) is 4.05. The number of nitrogens with one attached hydrogen (secondary N) is 1. The lowest BCUT2D eigenvalue weighted by molar-refractivity contribution is 0.102. The van der Waals surface area contributed by atoms with Gasteiger partial charge in [-0.2, -0.15) is 0 Å². The van der Waals surface area contributed by atoms with Crippen molar-refractivity contribution in [1.29, 1.82) is 0 Å². The average Bonchev–Trinajstić information content (AvgIpc) is 2.63. The summed E-state index contributed by atoms with van der Waals surface area (Å²) in [5.74, 6) is -0.961. The van der Waals surface area contributed by atoms with Gasteiger partial charge in [0.15, 0.2) is 0 Å². The normalized spacial score (nSPS) is 11.8. The van der Waals surface area contributed by atoms with Crippen LogP contribution >= 0.6 is 11.6 Å². The Morgan fingerprint density at radius 3 is 2.48 bits per heavy atom. The van der Waals surface area contributed by atoms with Crippen molar-refractivity contribution in [2.24, 2.45) is 0 Å². The summed E-state index contributed by atoms with van der Waals surface area (Å²) < 4.78 is 13.3. The first-order valence-corrected chi connectivity index (χ1v) is 8.02. The largest absolute Gasteiger partial charge is 0.384 e. The minimum absolute atomic E-state index is 0.190. The highest BCUT2D eigenvalue weighted by Gasteiger charge is 2.17. The van der Waals surface area contributed by atoms with Crippen molar-refractivity contribution < 1.29 is 14.3 Å². The number of hydrogen-bond acceptors (Lipinski definition) is 2. The minimum Gasteiger partial charge on any atom is -0.384 e. The molecule has 1 amide bonds. The van der Waals surface area contributed by atoms with E-state index in [1.807, 2.05) is 18.2 Å². The first kappa shape index (κ1) is 17.1. The van der Waals surface area contributed by atoms with Gasteiger partial charge in [-0.3, -0.25) is 4.79 Å². The van der Waals surface area contributed by atoms with E-state index in [0.29, 0.717) is 21.8 Å². The predicted octanol–water partition coefficient (Wildman–Crippen LogP) is 4.81. The maximum Gasteiger partial charge on any atom is 0.255 e. The number of hydrogen-bond donors (Lipinski definition) is 2. The van der Waals surface area contributed by atoms with E-state index >= 15 is 0 Å². The Labute approximate surface area is 149 Å². The fourth-order valence-electron chi connectivity index (χ4n) is 2.51. The molecular formula is C20H15ClFNO2. The zero-order valence-corrected chi connectivity index (χ0v) is 13.9. The van der Waals surface area contributed by atoms with E-state index < -0.39 is 17.8 Å². The van der Waals surface area contributed by atoms with E-state index in [1.54, 1.807) is 30.3 Å². The highest BCUT2D eigenvalue weighted by Crippen LogP contribution is 2.31. The van der Waals surface area contributed by atoms with Gasteiger partial charge >= 0.3 is 0 Å². The molecule has 0 fully saturated rings. The van der Waals surface area contributed by atoms with Crippen LogP contribution < -0.4 is 5.32 Å². The molecule has 3 aromatic carbocycles. The van der Waals surface area contributed by atoms with Crippen molar-refractivity contribution >= 4 is 23.2 Å². The number of benzene rings is 3. The summed E-state index contributed by atoms with van der Waals surface area (Å²) in [7, 11) is 0. The molecule has 0 radical (unpaired) electrons. The molecule has 1 atom stereocenters. The molecule has 3 aromatic rings. The highest BCUT2D eigenvalue weighted by molar-refractivity contribution is 6.30. The molecule has 0 saturated heterocycles. The van der Waals surface area contributed by atoms with Gasteiger partial charge in [-0.25, -0.2) is 4.39 Å². The van der Waals surface area contributed by atoms with Gasteiger partial charge in [-0.1, -0.05) is 48.0 Å². The maximum atomic E-state index is 13.3. The molecule has 126 valence electrons. The summed E-state index contributed by atoms with van der Waals surface area (Å²) >= 11 is 6.05. The standard InChI is InChI=1S/C20H15ClFNO2/c21-15-9-10-18(23-20(25)14-7-4-8-16(22)11-14)17(12-15)19(24)13-5-2-1-3-6-13/h1-12,19,24H,(H,23,25)/t19-/m1/s1. The van der Waals surface area contributed by atoms with Crippen molar-refractivity contribution in [3.8, 4) is 0 Å². The van der Waals surface area contributed by atoms with Crippen LogP contribution in [-0.2, 0) is 0 Å². The van der Waals surface area contributed by atoms with Gasteiger partial charge in [0.1, 0.15) is 11.9 Å².